The van der Waals surface area contributed by atoms with Crippen LogP contribution < -0.4 is 20.3 Å². The average Bonchev–Trinajstić information content (AvgIpc) is 3.54. The highest BCUT2D eigenvalue weighted by Gasteiger charge is 2.36. The van der Waals surface area contributed by atoms with Crippen molar-refractivity contribution in [3.63, 3.8) is 0 Å². The maximum absolute atomic E-state index is 13.5. The van der Waals surface area contributed by atoms with E-state index in [9.17, 15) is 22.8 Å². The Morgan fingerprint density at radius 3 is 2.44 bits per heavy atom. The van der Waals surface area contributed by atoms with Gasteiger partial charge in [-0.3, -0.25) is 5.32 Å². The largest absolute Gasteiger partial charge is 0.444 e. The Labute approximate surface area is 240 Å². The van der Waals surface area contributed by atoms with Crippen molar-refractivity contribution in [2.75, 3.05) is 23.0 Å². The van der Waals surface area contributed by atoms with E-state index in [2.05, 4.69) is 26.9 Å². The molecule has 2 N–H and O–H groups in total. The van der Waals surface area contributed by atoms with Gasteiger partial charge in [-0.1, -0.05) is 12.1 Å². The highest BCUT2D eigenvalue weighted by atomic mass is 32.2. The minimum Gasteiger partial charge on any atom is -0.444 e. The molecule has 0 saturated carbocycles. The molecule has 2 amide bonds. The van der Waals surface area contributed by atoms with Crippen molar-refractivity contribution in [3.8, 4) is 11.6 Å². The van der Waals surface area contributed by atoms with Gasteiger partial charge in [0.25, 0.3) is 0 Å². The normalized spacial score (nSPS) is 15.5. The van der Waals surface area contributed by atoms with Crippen LogP contribution in [0.25, 0.3) is 5.69 Å². The molecule has 3 aromatic rings. The number of rotatable bonds is 7. The molecular formula is C28H32F3N5O4S. The van der Waals surface area contributed by atoms with E-state index in [0.29, 0.717) is 22.7 Å². The predicted octanol–water partition coefficient (Wildman–Crippen LogP) is 6.82. The molecular weight excluding hydrogens is 559 g/mol. The van der Waals surface area contributed by atoms with Gasteiger partial charge in [-0.2, -0.15) is 23.0 Å². The number of thioether (sulfide) groups is 1. The second kappa shape index (κ2) is 12.3. The minimum atomic E-state index is -4.77. The highest BCUT2D eigenvalue weighted by molar-refractivity contribution is 7.99. The summed E-state index contributed by atoms with van der Waals surface area (Å²) in [5, 5.41) is 9.18. The molecule has 1 fully saturated rings. The lowest BCUT2D eigenvalue weighted by Crippen LogP contribution is -2.32. The third-order valence-corrected chi connectivity index (χ3v) is 7.10. The summed E-state index contributed by atoms with van der Waals surface area (Å²) in [7, 11) is 0. The fourth-order valence-corrected chi connectivity index (χ4v) is 5.18. The molecule has 2 heterocycles. The molecule has 1 aliphatic heterocycles. The van der Waals surface area contributed by atoms with E-state index in [-0.39, 0.29) is 12.2 Å². The van der Waals surface area contributed by atoms with Crippen molar-refractivity contribution in [3.05, 3.63) is 65.9 Å². The number of nitrogens with zero attached hydrogens (tertiary/aromatic N) is 3. The van der Waals surface area contributed by atoms with Crippen LogP contribution >= 0.6 is 11.8 Å². The number of aromatic nitrogens is 2. The predicted molar refractivity (Wildman–Crippen MR) is 152 cm³/mol. The molecule has 41 heavy (non-hydrogen) atoms. The Morgan fingerprint density at radius 2 is 1.78 bits per heavy atom. The van der Waals surface area contributed by atoms with Crippen molar-refractivity contribution in [2.45, 2.75) is 57.3 Å². The molecule has 1 unspecified atom stereocenters. The van der Waals surface area contributed by atoms with Gasteiger partial charge < -0.3 is 19.7 Å². The maximum Gasteiger partial charge on any atom is 0.435 e. The van der Waals surface area contributed by atoms with E-state index >= 15 is 0 Å². The number of amides is 2. The van der Waals surface area contributed by atoms with E-state index in [1.54, 1.807) is 56.8 Å². The second-order valence-electron chi connectivity index (χ2n) is 10.4. The molecule has 1 saturated heterocycles. The number of benzene rings is 2. The first kappa shape index (κ1) is 30.1. The lowest BCUT2D eigenvalue weighted by molar-refractivity contribution is -0.141. The number of alkyl halides is 3. The van der Waals surface area contributed by atoms with E-state index in [4.69, 9.17) is 9.47 Å². The molecule has 0 aliphatic carbocycles. The Hall–Kier alpha value is -3.87. The quantitative estimate of drug-likeness (QED) is 0.311. The van der Waals surface area contributed by atoms with Crippen LogP contribution in [-0.4, -0.2) is 45.7 Å². The van der Waals surface area contributed by atoms with Gasteiger partial charge in [0, 0.05) is 30.5 Å². The monoisotopic (exact) mass is 591 g/mol. The van der Waals surface area contributed by atoms with Crippen LogP contribution in [0.1, 0.15) is 44.9 Å². The number of hydrogen-bond acceptors (Lipinski definition) is 7. The summed E-state index contributed by atoms with van der Waals surface area (Å²) >= 11 is 1.78. The zero-order valence-corrected chi connectivity index (χ0v) is 23.9. The maximum atomic E-state index is 13.5. The average molecular weight is 592 g/mol. The van der Waals surface area contributed by atoms with Crippen LogP contribution in [0.4, 0.5) is 34.1 Å². The first-order valence-corrected chi connectivity index (χ1v) is 14.2. The van der Waals surface area contributed by atoms with Gasteiger partial charge in [-0.15, -0.1) is 11.8 Å². The van der Waals surface area contributed by atoms with Gasteiger partial charge >= 0.3 is 18.4 Å². The van der Waals surface area contributed by atoms with Crippen molar-refractivity contribution < 1.29 is 32.2 Å². The van der Waals surface area contributed by atoms with E-state index in [0.717, 1.165) is 29.8 Å². The first-order valence-electron chi connectivity index (χ1n) is 12.9. The Kier molecular flexibility index (Phi) is 9.05. The molecule has 1 aliphatic rings. The lowest BCUT2D eigenvalue weighted by Gasteiger charge is -2.25. The van der Waals surface area contributed by atoms with Crippen LogP contribution in [-0.2, 0) is 17.5 Å². The second-order valence-corrected chi connectivity index (χ2v) is 11.4. The van der Waals surface area contributed by atoms with E-state index in [1.165, 1.54) is 12.1 Å². The van der Waals surface area contributed by atoms with Gasteiger partial charge in [0.15, 0.2) is 5.69 Å². The van der Waals surface area contributed by atoms with E-state index in [1.807, 2.05) is 12.1 Å². The van der Waals surface area contributed by atoms with Crippen molar-refractivity contribution in [1.82, 2.24) is 15.1 Å². The summed E-state index contributed by atoms with van der Waals surface area (Å²) in [6.45, 7) is 6.18. The minimum absolute atomic E-state index is 0.0535. The summed E-state index contributed by atoms with van der Waals surface area (Å²) in [6, 6.07) is 14.1. The van der Waals surface area contributed by atoms with Crippen LogP contribution in [0.15, 0.2) is 54.6 Å². The molecule has 9 nitrogen and oxygen atoms in total. The molecule has 1 atom stereocenters. The number of carbonyl (C=O) groups excluding carboxylic acids is 2. The number of alkyl carbamates (subject to hydrolysis) is 1. The standard InChI is InChI=1S/C28H32F3N5O4S/c1-27(2,3)40-25(37)32-17-18-7-5-8-21(15-18)36-23(16-22(34-36)28(29,30)31)39-26(38)33-19-10-12-20(13-11-19)35-14-6-9-24(35)41-4/h5,7-8,10-13,15-16,24H,6,9,14,17H2,1-4H3,(H,32,37)(H,33,38). The Morgan fingerprint density at radius 1 is 1.05 bits per heavy atom. The smallest absolute Gasteiger partial charge is 0.435 e. The van der Waals surface area contributed by atoms with Gasteiger partial charge in [-0.05, 0) is 81.8 Å². The molecule has 4 rings (SSSR count). The number of hydrogen-bond donors (Lipinski definition) is 2. The summed E-state index contributed by atoms with van der Waals surface area (Å²) < 4.78 is 52.0. The first-order chi connectivity index (χ1) is 19.3. The van der Waals surface area contributed by atoms with Crippen molar-refractivity contribution in [2.24, 2.45) is 0 Å². The lowest BCUT2D eigenvalue weighted by atomic mass is 10.2. The Balaban J connectivity index is 1.48. The summed E-state index contributed by atoms with van der Waals surface area (Å²) in [4.78, 5) is 27.0. The molecule has 1 aromatic heterocycles. The zero-order valence-electron chi connectivity index (χ0n) is 23.1. The number of carbonyl (C=O) groups is 2. The van der Waals surface area contributed by atoms with Crippen LogP contribution in [0.2, 0.25) is 0 Å². The van der Waals surface area contributed by atoms with Crippen molar-refractivity contribution >= 4 is 35.3 Å². The van der Waals surface area contributed by atoms with Gasteiger partial charge in [-0.25, -0.2) is 9.59 Å². The highest BCUT2D eigenvalue weighted by Crippen LogP contribution is 2.33. The number of nitrogens with one attached hydrogen (secondary N) is 2. The molecule has 2 aromatic carbocycles. The number of halogens is 3. The molecule has 0 bridgehead atoms. The van der Waals surface area contributed by atoms with E-state index < -0.39 is 35.5 Å². The van der Waals surface area contributed by atoms with Crippen LogP contribution in [0.5, 0.6) is 5.88 Å². The fraction of sp³-hybridized carbons (Fsp3) is 0.393. The van der Waals surface area contributed by atoms with Crippen LogP contribution in [0.3, 0.4) is 0 Å². The van der Waals surface area contributed by atoms with Crippen LogP contribution in [0, 0.1) is 0 Å². The summed E-state index contributed by atoms with van der Waals surface area (Å²) in [6.07, 6.45) is -2.10. The summed E-state index contributed by atoms with van der Waals surface area (Å²) in [5.74, 6) is -0.427. The summed E-state index contributed by atoms with van der Waals surface area (Å²) in [5.41, 5.74) is 0.302. The third kappa shape index (κ3) is 8.09. The zero-order chi connectivity index (χ0) is 29.8. The number of anilines is 2. The van der Waals surface area contributed by atoms with Crippen molar-refractivity contribution in [1.29, 1.82) is 0 Å². The van der Waals surface area contributed by atoms with Gasteiger partial charge in [0.05, 0.1) is 11.1 Å². The number of ether oxygens (including phenoxy) is 2. The molecule has 0 radical (unpaired) electrons. The van der Waals surface area contributed by atoms with Gasteiger partial charge in [0.1, 0.15) is 5.60 Å². The molecule has 13 heteroatoms. The third-order valence-electron chi connectivity index (χ3n) is 6.07. The topological polar surface area (TPSA) is 97.7 Å². The Bertz CT molecular complexity index is 1370. The fourth-order valence-electron chi connectivity index (χ4n) is 4.30. The molecule has 220 valence electrons. The SMILES string of the molecule is CSC1CCCN1c1ccc(NC(=O)Oc2cc(C(F)(F)F)nn2-c2cccc(CNC(=O)OC(C)(C)C)c2)cc1. The van der Waals surface area contributed by atoms with Gasteiger partial charge in [0.2, 0.25) is 5.88 Å². The molecule has 0 spiro atoms.